The lowest BCUT2D eigenvalue weighted by Gasteiger charge is -2.37. The van der Waals surface area contributed by atoms with Crippen molar-refractivity contribution in [1.29, 1.82) is 0 Å². The summed E-state index contributed by atoms with van der Waals surface area (Å²) < 4.78 is 19.2. The number of carbonyl (C=O) groups is 3. The van der Waals surface area contributed by atoms with Crippen molar-refractivity contribution in [3.05, 3.63) is 65.5 Å². The van der Waals surface area contributed by atoms with Crippen molar-refractivity contribution in [2.24, 2.45) is 5.92 Å². The number of nitrogens with one attached hydrogen (secondary N) is 1. The van der Waals surface area contributed by atoms with E-state index >= 15 is 0 Å². The molecule has 1 atom stereocenters. The molecule has 2 aromatic rings. The van der Waals surface area contributed by atoms with Gasteiger partial charge in [0.2, 0.25) is 5.91 Å². The third-order valence-corrected chi connectivity index (χ3v) is 6.73. The number of benzene rings is 2. The highest BCUT2D eigenvalue weighted by molar-refractivity contribution is 5.98. The van der Waals surface area contributed by atoms with Crippen molar-refractivity contribution in [3.63, 3.8) is 0 Å². The van der Waals surface area contributed by atoms with Gasteiger partial charge < -0.3 is 19.9 Å². The first-order valence-corrected chi connectivity index (χ1v) is 11.8. The fourth-order valence-corrected chi connectivity index (χ4v) is 4.72. The van der Waals surface area contributed by atoms with E-state index in [2.05, 4.69) is 5.32 Å². The minimum atomic E-state index is -0.668. The lowest BCUT2D eigenvalue weighted by atomic mass is 9.88. The van der Waals surface area contributed by atoms with Crippen molar-refractivity contribution in [1.82, 2.24) is 15.1 Å². The van der Waals surface area contributed by atoms with Gasteiger partial charge in [-0.05, 0) is 68.0 Å². The van der Waals surface area contributed by atoms with Gasteiger partial charge in [-0.2, -0.15) is 0 Å². The quantitative estimate of drug-likeness (QED) is 0.708. The van der Waals surface area contributed by atoms with E-state index in [-0.39, 0.29) is 29.2 Å². The molecular formula is C26H30FN3O4. The van der Waals surface area contributed by atoms with Gasteiger partial charge in [-0.3, -0.25) is 14.4 Å². The summed E-state index contributed by atoms with van der Waals surface area (Å²) in [5.74, 6) is -0.735. The molecule has 0 spiro atoms. The second-order valence-electron chi connectivity index (χ2n) is 8.82. The number of halogens is 1. The molecule has 0 saturated carbocycles. The van der Waals surface area contributed by atoms with E-state index in [1.165, 1.54) is 12.1 Å². The molecule has 2 saturated heterocycles. The predicted octanol–water partition coefficient (Wildman–Crippen LogP) is 3.11. The van der Waals surface area contributed by atoms with Crippen LogP contribution in [-0.2, 0) is 4.79 Å². The third-order valence-electron chi connectivity index (χ3n) is 6.73. The number of methoxy groups -OCH3 is 1. The standard InChI is InChI=1S/C26H30FN3O4/c1-34-20-10-8-19(9-11-20)24(31)28-23(26(33)29-14-4-5-15-29)18-12-16-30(17-13-18)25(32)21-6-2-3-7-22(21)27/h2-3,6-11,18,23H,4-5,12-17H2,1H3,(H,28,31). The van der Waals surface area contributed by atoms with Gasteiger partial charge in [-0.25, -0.2) is 4.39 Å². The highest BCUT2D eigenvalue weighted by atomic mass is 19.1. The molecule has 0 radical (unpaired) electrons. The van der Waals surface area contributed by atoms with Gasteiger partial charge in [0.25, 0.3) is 11.8 Å². The van der Waals surface area contributed by atoms with E-state index in [0.717, 1.165) is 12.8 Å². The van der Waals surface area contributed by atoms with Crippen molar-refractivity contribution in [2.45, 2.75) is 31.7 Å². The molecule has 34 heavy (non-hydrogen) atoms. The van der Waals surface area contributed by atoms with E-state index in [0.29, 0.717) is 50.3 Å². The molecule has 8 heteroatoms. The number of carbonyl (C=O) groups excluding carboxylic acids is 3. The van der Waals surface area contributed by atoms with Crippen LogP contribution in [0.2, 0.25) is 0 Å². The molecule has 2 aliphatic rings. The van der Waals surface area contributed by atoms with Crippen LogP contribution in [0.5, 0.6) is 5.75 Å². The van der Waals surface area contributed by atoms with Crippen molar-refractivity contribution < 1.29 is 23.5 Å². The molecule has 3 amide bonds. The van der Waals surface area contributed by atoms with Crippen LogP contribution in [0.4, 0.5) is 4.39 Å². The number of piperidine rings is 1. The Hall–Kier alpha value is -3.42. The van der Waals surface area contributed by atoms with Gasteiger partial charge in [0.1, 0.15) is 17.6 Å². The Kier molecular flexibility index (Phi) is 7.45. The number of rotatable bonds is 6. The summed E-state index contributed by atoms with van der Waals surface area (Å²) in [6.45, 7) is 2.19. The summed E-state index contributed by atoms with van der Waals surface area (Å²) in [6, 6.07) is 12.0. The lowest BCUT2D eigenvalue weighted by molar-refractivity contribution is -0.134. The van der Waals surface area contributed by atoms with E-state index < -0.39 is 11.9 Å². The van der Waals surface area contributed by atoms with Crippen LogP contribution >= 0.6 is 0 Å². The molecule has 4 rings (SSSR count). The number of ether oxygens (including phenoxy) is 1. The Bertz CT molecular complexity index is 1030. The smallest absolute Gasteiger partial charge is 0.256 e. The average molecular weight is 468 g/mol. The minimum Gasteiger partial charge on any atom is -0.497 e. The molecule has 2 aliphatic heterocycles. The molecule has 1 unspecified atom stereocenters. The van der Waals surface area contributed by atoms with Crippen LogP contribution in [0.15, 0.2) is 48.5 Å². The molecular weight excluding hydrogens is 437 g/mol. The highest BCUT2D eigenvalue weighted by Gasteiger charge is 2.37. The molecule has 180 valence electrons. The fraction of sp³-hybridized carbons (Fsp3) is 0.423. The second kappa shape index (κ2) is 10.7. The van der Waals surface area contributed by atoms with Crippen LogP contribution in [0.25, 0.3) is 0 Å². The average Bonchev–Trinajstić information content (AvgIpc) is 3.42. The molecule has 0 bridgehead atoms. The van der Waals surface area contributed by atoms with E-state index in [1.54, 1.807) is 48.4 Å². The Morgan fingerprint density at radius 3 is 2.21 bits per heavy atom. The van der Waals surface area contributed by atoms with Crippen LogP contribution in [0, 0.1) is 11.7 Å². The molecule has 2 fully saturated rings. The van der Waals surface area contributed by atoms with E-state index in [9.17, 15) is 18.8 Å². The van der Waals surface area contributed by atoms with E-state index in [1.807, 2.05) is 4.90 Å². The highest BCUT2D eigenvalue weighted by Crippen LogP contribution is 2.25. The van der Waals surface area contributed by atoms with Crippen molar-refractivity contribution >= 4 is 17.7 Å². The molecule has 1 N–H and O–H groups in total. The van der Waals surface area contributed by atoms with Gasteiger partial charge in [0.15, 0.2) is 0 Å². The Morgan fingerprint density at radius 1 is 0.941 bits per heavy atom. The molecule has 2 aromatic carbocycles. The van der Waals surface area contributed by atoms with Crippen molar-refractivity contribution in [3.8, 4) is 5.75 Å². The first-order chi connectivity index (χ1) is 16.5. The maximum Gasteiger partial charge on any atom is 0.256 e. The summed E-state index contributed by atoms with van der Waals surface area (Å²) in [5, 5.41) is 2.97. The monoisotopic (exact) mass is 467 g/mol. The zero-order valence-electron chi connectivity index (χ0n) is 19.3. The van der Waals surface area contributed by atoms with Crippen LogP contribution in [0.1, 0.15) is 46.4 Å². The summed E-state index contributed by atoms with van der Waals surface area (Å²) in [6.07, 6.45) is 3.02. The lowest BCUT2D eigenvalue weighted by Crippen LogP contribution is -2.54. The molecule has 7 nitrogen and oxygen atoms in total. The number of nitrogens with zero attached hydrogens (tertiary/aromatic N) is 2. The van der Waals surface area contributed by atoms with Gasteiger partial charge >= 0.3 is 0 Å². The normalized spacial score (nSPS) is 17.4. The van der Waals surface area contributed by atoms with Crippen LogP contribution < -0.4 is 10.1 Å². The van der Waals surface area contributed by atoms with Gasteiger partial charge in [0.05, 0.1) is 12.7 Å². The first kappa shape index (κ1) is 23.7. The Labute approximate surface area is 198 Å². The SMILES string of the molecule is COc1ccc(C(=O)NC(C(=O)N2CCCC2)C2CCN(C(=O)c3ccccc3F)CC2)cc1. The van der Waals surface area contributed by atoms with Gasteiger partial charge in [-0.1, -0.05) is 12.1 Å². The Balaban J connectivity index is 1.46. The summed E-state index contributed by atoms with van der Waals surface area (Å²) in [7, 11) is 1.56. The fourth-order valence-electron chi connectivity index (χ4n) is 4.72. The summed E-state index contributed by atoms with van der Waals surface area (Å²) >= 11 is 0. The number of hydrogen-bond donors (Lipinski definition) is 1. The van der Waals surface area contributed by atoms with Crippen molar-refractivity contribution in [2.75, 3.05) is 33.3 Å². The minimum absolute atomic E-state index is 0.0541. The van der Waals surface area contributed by atoms with Crippen LogP contribution in [-0.4, -0.2) is 66.9 Å². The molecule has 0 aliphatic carbocycles. The first-order valence-electron chi connectivity index (χ1n) is 11.8. The third kappa shape index (κ3) is 5.21. The molecule has 2 heterocycles. The largest absolute Gasteiger partial charge is 0.497 e. The zero-order chi connectivity index (χ0) is 24.1. The molecule has 0 aromatic heterocycles. The topological polar surface area (TPSA) is 79.0 Å². The summed E-state index contributed by atoms with van der Waals surface area (Å²) in [4.78, 5) is 42.6. The second-order valence-corrected chi connectivity index (χ2v) is 8.82. The summed E-state index contributed by atoms with van der Waals surface area (Å²) in [5.41, 5.74) is 0.505. The maximum atomic E-state index is 14.1. The van der Waals surface area contributed by atoms with Crippen LogP contribution in [0.3, 0.4) is 0 Å². The van der Waals surface area contributed by atoms with E-state index in [4.69, 9.17) is 4.74 Å². The number of hydrogen-bond acceptors (Lipinski definition) is 4. The number of likely N-dealkylation sites (tertiary alicyclic amines) is 2. The maximum absolute atomic E-state index is 14.1. The van der Waals surface area contributed by atoms with Gasteiger partial charge in [-0.15, -0.1) is 0 Å². The predicted molar refractivity (Wildman–Crippen MR) is 125 cm³/mol. The van der Waals surface area contributed by atoms with Gasteiger partial charge in [0, 0.05) is 31.7 Å². The Morgan fingerprint density at radius 2 is 1.59 bits per heavy atom. The number of amides is 3. The zero-order valence-corrected chi connectivity index (χ0v) is 19.3.